The van der Waals surface area contributed by atoms with Crippen LogP contribution in [0.1, 0.15) is 0 Å². The van der Waals surface area contributed by atoms with E-state index < -0.39 is 0 Å². The lowest BCUT2D eigenvalue weighted by Crippen LogP contribution is -1.97. The van der Waals surface area contributed by atoms with E-state index in [-0.39, 0.29) is 0 Å². The third-order valence-corrected chi connectivity index (χ3v) is 4.83. The van der Waals surface area contributed by atoms with Crippen molar-refractivity contribution < 1.29 is 4.74 Å². The average Bonchev–Trinajstić information content (AvgIpc) is 2.74. The molecule has 3 heteroatoms. The third kappa shape index (κ3) is 3.88. The Morgan fingerprint density at radius 3 is 1.79 bits per heavy atom. The topological polar surface area (TPSA) is 21.3 Å². The lowest BCUT2D eigenvalue weighted by molar-refractivity contribution is 0.415. The number of rotatable bonds is 5. The van der Waals surface area contributed by atoms with Gasteiger partial charge in [0.15, 0.2) is 0 Å². The molecular formula is C25H20ClNO. The predicted molar refractivity (Wildman–Crippen MR) is 119 cm³/mol. The number of anilines is 2. The number of halogens is 1. The van der Waals surface area contributed by atoms with E-state index in [9.17, 15) is 0 Å². The van der Waals surface area contributed by atoms with E-state index in [1.54, 1.807) is 13.2 Å². The Balaban J connectivity index is 1.89. The molecule has 0 atom stereocenters. The summed E-state index contributed by atoms with van der Waals surface area (Å²) in [6.07, 6.45) is 0. The molecule has 0 spiro atoms. The van der Waals surface area contributed by atoms with E-state index in [1.165, 1.54) is 0 Å². The quantitative estimate of drug-likeness (QED) is 0.385. The largest absolute Gasteiger partial charge is 0.497 e. The summed E-state index contributed by atoms with van der Waals surface area (Å²) in [4.78, 5) is 0. The molecule has 1 N–H and O–H groups in total. The predicted octanol–water partition coefficient (Wildman–Crippen LogP) is 7.43. The number of nitrogens with one attached hydrogen (secondary N) is 1. The summed E-state index contributed by atoms with van der Waals surface area (Å²) in [5.41, 5.74) is 6.46. The summed E-state index contributed by atoms with van der Waals surface area (Å²) in [5.74, 6) is 0.716. The maximum Gasteiger partial charge on any atom is 0.122 e. The molecule has 0 fully saturated rings. The highest BCUT2D eigenvalue weighted by Crippen LogP contribution is 2.39. The van der Waals surface area contributed by atoms with Gasteiger partial charge in [-0.25, -0.2) is 0 Å². The average molecular weight is 386 g/mol. The number of hydrogen-bond acceptors (Lipinski definition) is 2. The molecule has 0 aromatic heterocycles. The van der Waals surface area contributed by atoms with Gasteiger partial charge in [-0.1, -0.05) is 90.5 Å². The third-order valence-electron chi connectivity index (χ3n) is 4.61. The molecule has 0 saturated carbocycles. The van der Waals surface area contributed by atoms with Crippen LogP contribution in [-0.4, -0.2) is 7.11 Å². The van der Waals surface area contributed by atoms with Gasteiger partial charge in [0, 0.05) is 27.9 Å². The Morgan fingerprint density at radius 1 is 0.679 bits per heavy atom. The molecule has 0 radical (unpaired) electrons. The standard InChI is InChI=1S/C25H20ClNO/c1-28-22-16-20(26)15-21(17-22)27-25-23(18-9-4-2-5-10-18)13-8-14-24(25)19-11-6-3-7-12-19/h2-17,27H,1H3. The number of methoxy groups -OCH3 is 1. The van der Waals surface area contributed by atoms with E-state index in [2.05, 4.69) is 72.0 Å². The number of ether oxygens (including phenoxy) is 1. The van der Waals surface area contributed by atoms with Crippen LogP contribution >= 0.6 is 11.6 Å². The van der Waals surface area contributed by atoms with Crippen LogP contribution in [0.5, 0.6) is 5.75 Å². The zero-order valence-corrected chi connectivity index (χ0v) is 16.3. The van der Waals surface area contributed by atoms with E-state index in [1.807, 2.05) is 24.3 Å². The Hall–Kier alpha value is -3.23. The fourth-order valence-electron chi connectivity index (χ4n) is 3.30. The van der Waals surface area contributed by atoms with Crippen molar-refractivity contribution in [2.45, 2.75) is 0 Å². The molecule has 0 heterocycles. The van der Waals surface area contributed by atoms with E-state index in [4.69, 9.17) is 16.3 Å². The summed E-state index contributed by atoms with van der Waals surface area (Å²) < 4.78 is 5.38. The first-order valence-corrected chi connectivity index (χ1v) is 9.48. The van der Waals surface area contributed by atoms with E-state index in [0.29, 0.717) is 10.8 Å². The first-order chi connectivity index (χ1) is 13.7. The molecule has 0 unspecified atom stereocenters. The fraction of sp³-hybridized carbons (Fsp3) is 0.0400. The van der Waals surface area contributed by atoms with Gasteiger partial charge in [-0.2, -0.15) is 0 Å². The molecular weight excluding hydrogens is 366 g/mol. The summed E-state index contributed by atoms with van der Waals surface area (Å²) in [6, 6.07) is 32.7. The van der Waals surface area contributed by atoms with Gasteiger partial charge in [0.2, 0.25) is 0 Å². The van der Waals surface area contributed by atoms with Crippen molar-refractivity contribution in [1.82, 2.24) is 0 Å². The zero-order valence-electron chi connectivity index (χ0n) is 15.5. The van der Waals surface area contributed by atoms with Gasteiger partial charge in [0.1, 0.15) is 5.75 Å². The highest BCUT2D eigenvalue weighted by atomic mass is 35.5. The summed E-state index contributed by atoms with van der Waals surface area (Å²) in [7, 11) is 1.64. The van der Waals surface area contributed by atoms with Gasteiger partial charge in [-0.3, -0.25) is 0 Å². The van der Waals surface area contributed by atoms with Crippen molar-refractivity contribution in [2.75, 3.05) is 12.4 Å². The van der Waals surface area contributed by atoms with Crippen LogP contribution in [0.25, 0.3) is 22.3 Å². The van der Waals surface area contributed by atoms with Gasteiger partial charge in [0.05, 0.1) is 12.8 Å². The first kappa shape index (κ1) is 18.1. The van der Waals surface area contributed by atoms with Crippen LogP contribution in [0.2, 0.25) is 5.02 Å². The van der Waals surface area contributed by atoms with Crippen LogP contribution in [-0.2, 0) is 0 Å². The number of hydrogen-bond donors (Lipinski definition) is 1. The summed E-state index contributed by atoms with van der Waals surface area (Å²) >= 11 is 6.29. The molecule has 0 aliphatic heterocycles. The van der Waals surface area contributed by atoms with Crippen LogP contribution in [0, 0.1) is 0 Å². The smallest absolute Gasteiger partial charge is 0.122 e. The minimum Gasteiger partial charge on any atom is -0.497 e. The molecule has 138 valence electrons. The van der Waals surface area contributed by atoms with Crippen LogP contribution < -0.4 is 10.1 Å². The van der Waals surface area contributed by atoms with Crippen molar-refractivity contribution in [3.8, 4) is 28.0 Å². The van der Waals surface area contributed by atoms with Crippen LogP contribution in [0.3, 0.4) is 0 Å². The van der Waals surface area contributed by atoms with Gasteiger partial charge < -0.3 is 10.1 Å². The second kappa shape index (κ2) is 8.20. The maximum atomic E-state index is 6.29. The van der Waals surface area contributed by atoms with E-state index in [0.717, 1.165) is 33.6 Å². The molecule has 4 aromatic carbocycles. The highest BCUT2D eigenvalue weighted by Gasteiger charge is 2.13. The van der Waals surface area contributed by atoms with Crippen LogP contribution in [0.4, 0.5) is 11.4 Å². The molecule has 4 aromatic rings. The van der Waals surface area contributed by atoms with Gasteiger partial charge in [-0.05, 0) is 23.3 Å². The Kier molecular flexibility index (Phi) is 5.31. The second-order valence-electron chi connectivity index (χ2n) is 6.46. The minimum absolute atomic E-state index is 0.625. The molecule has 0 saturated heterocycles. The highest BCUT2D eigenvalue weighted by molar-refractivity contribution is 6.31. The fourth-order valence-corrected chi connectivity index (χ4v) is 3.53. The lowest BCUT2D eigenvalue weighted by Gasteiger charge is -2.18. The molecule has 4 rings (SSSR count). The molecule has 0 amide bonds. The monoisotopic (exact) mass is 385 g/mol. The van der Waals surface area contributed by atoms with Crippen molar-refractivity contribution >= 4 is 23.0 Å². The lowest BCUT2D eigenvalue weighted by atomic mass is 9.95. The molecule has 0 aliphatic rings. The van der Waals surface area contributed by atoms with Crippen LogP contribution in [0.15, 0.2) is 97.1 Å². The molecule has 0 bridgehead atoms. The summed E-state index contributed by atoms with van der Waals surface area (Å²) in [5, 5.41) is 4.21. The van der Waals surface area contributed by atoms with Gasteiger partial charge >= 0.3 is 0 Å². The minimum atomic E-state index is 0.625. The Labute approximate surface area is 170 Å². The second-order valence-corrected chi connectivity index (χ2v) is 6.90. The number of para-hydroxylation sites is 1. The maximum absolute atomic E-state index is 6.29. The van der Waals surface area contributed by atoms with Crippen molar-refractivity contribution in [1.29, 1.82) is 0 Å². The first-order valence-electron chi connectivity index (χ1n) is 9.10. The Bertz CT molecular complexity index is 1020. The van der Waals surface area contributed by atoms with Crippen molar-refractivity contribution in [3.63, 3.8) is 0 Å². The molecule has 0 aliphatic carbocycles. The van der Waals surface area contributed by atoms with E-state index >= 15 is 0 Å². The SMILES string of the molecule is COc1cc(Cl)cc(Nc2c(-c3ccccc3)cccc2-c2ccccc2)c1. The molecule has 28 heavy (non-hydrogen) atoms. The van der Waals surface area contributed by atoms with Crippen molar-refractivity contribution in [2.24, 2.45) is 0 Å². The zero-order chi connectivity index (χ0) is 19.3. The Morgan fingerprint density at radius 2 is 1.25 bits per heavy atom. The molecule has 2 nitrogen and oxygen atoms in total. The van der Waals surface area contributed by atoms with Gasteiger partial charge in [-0.15, -0.1) is 0 Å². The van der Waals surface area contributed by atoms with Gasteiger partial charge in [0.25, 0.3) is 0 Å². The normalized spacial score (nSPS) is 10.5. The van der Waals surface area contributed by atoms with Crippen molar-refractivity contribution in [3.05, 3.63) is 102 Å². The summed E-state index contributed by atoms with van der Waals surface area (Å²) in [6.45, 7) is 0. The number of benzene rings is 4.